The second kappa shape index (κ2) is 3.90. The van der Waals surface area contributed by atoms with Crippen LogP contribution in [-0.4, -0.2) is 12.2 Å². The zero-order valence-electron chi connectivity index (χ0n) is 7.41. The van der Waals surface area contributed by atoms with Gasteiger partial charge in [-0.2, -0.15) is 0 Å². The summed E-state index contributed by atoms with van der Waals surface area (Å²) >= 11 is 0. The standard InChI is InChI=1S/C11H16O/c1-2-4-6-8-10-11(12-10)9-7-5-3-1/h2,4-5,7,10-11H,1,3,6,8-9H2. The third-order valence-corrected chi connectivity index (χ3v) is 2.51. The topological polar surface area (TPSA) is 12.5 Å². The van der Waals surface area contributed by atoms with Crippen LogP contribution in [0.15, 0.2) is 24.3 Å². The molecule has 0 bridgehead atoms. The van der Waals surface area contributed by atoms with Crippen molar-refractivity contribution in [2.24, 2.45) is 0 Å². The molecule has 0 aromatic heterocycles. The number of allylic oxidation sites excluding steroid dienone is 3. The van der Waals surface area contributed by atoms with Gasteiger partial charge in [0.25, 0.3) is 0 Å². The molecule has 1 fully saturated rings. The van der Waals surface area contributed by atoms with Gasteiger partial charge in [-0.1, -0.05) is 24.3 Å². The Morgan fingerprint density at radius 3 is 2.50 bits per heavy atom. The predicted molar refractivity (Wildman–Crippen MR) is 50.0 cm³/mol. The van der Waals surface area contributed by atoms with Gasteiger partial charge in [0.05, 0.1) is 12.2 Å². The molecule has 2 rings (SSSR count). The van der Waals surface area contributed by atoms with Gasteiger partial charge in [0.2, 0.25) is 0 Å². The molecule has 1 aliphatic heterocycles. The molecule has 1 heterocycles. The Morgan fingerprint density at radius 2 is 1.58 bits per heavy atom. The number of fused-ring (bicyclic) bond motifs is 1. The molecule has 0 aromatic carbocycles. The summed E-state index contributed by atoms with van der Waals surface area (Å²) < 4.78 is 5.50. The van der Waals surface area contributed by atoms with E-state index in [-0.39, 0.29) is 0 Å². The van der Waals surface area contributed by atoms with Crippen molar-refractivity contribution in [3.8, 4) is 0 Å². The molecule has 1 nitrogen and oxygen atoms in total. The summed E-state index contributed by atoms with van der Waals surface area (Å²) in [7, 11) is 0. The smallest absolute Gasteiger partial charge is 0.0876 e. The van der Waals surface area contributed by atoms with Gasteiger partial charge in [0.1, 0.15) is 0 Å². The van der Waals surface area contributed by atoms with Crippen LogP contribution < -0.4 is 0 Å². The summed E-state index contributed by atoms with van der Waals surface area (Å²) in [5.41, 5.74) is 0. The predicted octanol–water partition coefficient (Wildman–Crippen LogP) is 2.83. The number of hydrogen-bond donors (Lipinski definition) is 0. The van der Waals surface area contributed by atoms with Crippen LogP contribution in [0.1, 0.15) is 32.1 Å². The van der Waals surface area contributed by atoms with Crippen LogP contribution in [0.5, 0.6) is 0 Å². The second-order valence-electron chi connectivity index (χ2n) is 3.55. The van der Waals surface area contributed by atoms with Crippen molar-refractivity contribution in [1.82, 2.24) is 0 Å². The molecule has 12 heavy (non-hydrogen) atoms. The van der Waals surface area contributed by atoms with Gasteiger partial charge in [0, 0.05) is 0 Å². The molecule has 1 aliphatic carbocycles. The second-order valence-corrected chi connectivity index (χ2v) is 3.55. The van der Waals surface area contributed by atoms with Crippen LogP contribution >= 0.6 is 0 Å². The number of ether oxygens (including phenoxy) is 1. The summed E-state index contributed by atoms with van der Waals surface area (Å²) in [5, 5.41) is 0. The first-order valence-corrected chi connectivity index (χ1v) is 4.92. The summed E-state index contributed by atoms with van der Waals surface area (Å²) in [4.78, 5) is 0. The van der Waals surface area contributed by atoms with Crippen LogP contribution in [0.25, 0.3) is 0 Å². The maximum Gasteiger partial charge on any atom is 0.0876 e. The highest BCUT2D eigenvalue weighted by Crippen LogP contribution is 2.30. The number of epoxide rings is 1. The zero-order chi connectivity index (χ0) is 8.23. The van der Waals surface area contributed by atoms with Crippen molar-refractivity contribution >= 4 is 0 Å². The van der Waals surface area contributed by atoms with Crippen molar-refractivity contribution in [3.05, 3.63) is 24.3 Å². The van der Waals surface area contributed by atoms with Crippen molar-refractivity contribution in [1.29, 1.82) is 0 Å². The van der Waals surface area contributed by atoms with E-state index < -0.39 is 0 Å². The van der Waals surface area contributed by atoms with Gasteiger partial charge in [0.15, 0.2) is 0 Å². The lowest BCUT2D eigenvalue weighted by Crippen LogP contribution is -1.91. The van der Waals surface area contributed by atoms with Crippen LogP contribution in [-0.2, 0) is 4.74 Å². The van der Waals surface area contributed by atoms with E-state index in [1.807, 2.05) is 0 Å². The molecule has 0 spiro atoms. The van der Waals surface area contributed by atoms with Gasteiger partial charge in [-0.3, -0.25) is 0 Å². The Labute approximate surface area is 74.1 Å². The molecular formula is C11H16O. The van der Waals surface area contributed by atoms with E-state index in [0.717, 1.165) is 6.42 Å². The molecule has 0 radical (unpaired) electrons. The summed E-state index contributed by atoms with van der Waals surface area (Å²) in [6.07, 6.45) is 16.2. The highest BCUT2D eigenvalue weighted by Gasteiger charge is 2.36. The van der Waals surface area contributed by atoms with Gasteiger partial charge >= 0.3 is 0 Å². The van der Waals surface area contributed by atoms with E-state index in [2.05, 4.69) is 24.3 Å². The zero-order valence-corrected chi connectivity index (χ0v) is 7.41. The van der Waals surface area contributed by atoms with Gasteiger partial charge < -0.3 is 4.74 Å². The fraction of sp³-hybridized carbons (Fsp3) is 0.636. The molecule has 2 unspecified atom stereocenters. The average molecular weight is 164 g/mol. The lowest BCUT2D eigenvalue weighted by molar-refractivity contribution is 0.364. The van der Waals surface area contributed by atoms with Gasteiger partial charge in [-0.15, -0.1) is 0 Å². The minimum absolute atomic E-state index is 0.549. The minimum Gasteiger partial charge on any atom is -0.369 e. The van der Waals surface area contributed by atoms with E-state index in [9.17, 15) is 0 Å². The SMILES string of the molecule is C1=CCCC2OC2CC=CCC1. The molecule has 1 heteroatoms. The Bertz CT molecular complexity index is 193. The molecule has 66 valence electrons. The molecule has 0 saturated carbocycles. The quantitative estimate of drug-likeness (QED) is 0.396. The molecule has 2 aliphatic rings. The number of rotatable bonds is 0. The fourth-order valence-electron chi connectivity index (χ4n) is 1.68. The summed E-state index contributed by atoms with van der Waals surface area (Å²) in [5.74, 6) is 0. The van der Waals surface area contributed by atoms with E-state index in [1.54, 1.807) is 0 Å². The first-order chi connectivity index (χ1) is 5.97. The molecule has 0 N–H and O–H groups in total. The minimum atomic E-state index is 0.549. The van der Waals surface area contributed by atoms with Gasteiger partial charge in [-0.05, 0) is 32.1 Å². The monoisotopic (exact) mass is 164 g/mol. The highest BCUT2D eigenvalue weighted by atomic mass is 16.6. The van der Waals surface area contributed by atoms with Crippen molar-refractivity contribution < 1.29 is 4.74 Å². The van der Waals surface area contributed by atoms with Crippen LogP contribution in [0, 0.1) is 0 Å². The molecular weight excluding hydrogens is 148 g/mol. The first-order valence-electron chi connectivity index (χ1n) is 4.92. The van der Waals surface area contributed by atoms with E-state index in [1.165, 1.54) is 25.7 Å². The van der Waals surface area contributed by atoms with Gasteiger partial charge in [-0.25, -0.2) is 0 Å². The third-order valence-electron chi connectivity index (χ3n) is 2.51. The van der Waals surface area contributed by atoms with E-state index in [4.69, 9.17) is 4.74 Å². The Kier molecular flexibility index (Phi) is 2.62. The highest BCUT2D eigenvalue weighted by molar-refractivity contribution is 4.97. The third kappa shape index (κ3) is 2.21. The molecule has 1 saturated heterocycles. The van der Waals surface area contributed by atoms with E-state index >= 15 is 0 Å². The Hall–Kier alpha value is -0.560. The summed E-state index contributed by atoms with van der Waals surface area (Å²) in [6, 6.07) is 0. The lowest BCUT2D eigenvalue weighted by Gasteiger charge is -1.88. The van der Waals surface area contributed by atoms with Crippen molar-refractivity contribution in [2.75, 3.05) is 0 Å². The van der Waals surface area contributed by atoms with Crippen molar-refractivity contribution in [2.45, 2.75) is 44.3 Å². The molecule has 2 atom stereocenters. The maximum absolute atomic E-state index is 5.50. The molecule has 0 amide bonds. The van der Waals surface area contributed by atoms with Crippen molar-refractivity contribution in [3.63, 3.8) is 0 Å². The van der Waals surface area contributed by atoms with E-state index in [0.29, 0.717) is 12.2 Å². The Balaban J connectivity index is 1.85. The first kappa shape index (κ1) is 8.06. The maximum atomic E-state index is 5.50. The average Bonchev–Trinajstić information content (AvgIpc) is 2.78. The lowest BCUT2D eigenvalue weighted by atomic mass is 10.1. The normalized spacial score (nSPS) is 35.3. The van der Waals surface area contributed by atoms with Crippen LogP contribution in [0.3, 0.4) is 0 Å². The molecule has 0 aromatic rings. The summed E-state index contributed by atoms with van der Waals surface area (Å²) in [6.45, 7) is 0. The van der Waals surface area contributed by atoms with Crippen LogP contribution in [0.4, 0.5) is 0 Å². The van der Waals surface area contributed by atoms with Crippen LogP contribution in [0.2, 0.25) is 0 Å². The largest absolute Gasteiger partial charge is 0.369 e. The number of hydrogen-bond acceptors (Lipinski definition) is 1. The Morgan fingerprint density at radius 1 is 0.833 bits per heavy atom. The fourth-order valence-corrected chi connectivity index (χ4v) is 1.68.